The normalized spacial score (nSPS) is 16.1. The van der Waals surface area contributed by atoms with E-state index >= 15 is 0 Å². The van der Waals surface area contributed by atoms with Crippen molar-refractivity contribution >= 4 is 22.4 Å². The first kappa shape index (κ1) is 15.3. The van der Waals surface area contributed by atoms with E-state index in [1.54, 1.807) is 11.3 Å². The number of anilines is 1. The van der Waals surface area contributed by atoms with Crippen molar-refractivity contribution in [2.45, 2.75) is 51.9 Å². The highest BCUT2D eigenvalue weighted by Crippen LogP contribution is 2.24. The molecule has 1 N–H and O–H groups in total. The average Bonchev–Trinajstić information content (AvgIpc) is 2.92. The fourth-order valence-corrected chi connectivity index (χ4v) is 3.34. The molecule has 1 fully saturated rings. The van der Waals surface area contributed by atoms with Gasteiger partial charge in [0.2, 0.25) is 0 Å². The number of nitrogens with one attached hydrogen (secondary N) is 1. The Hall–Kier alpha value is -1.10. The number of esters is 1. The lowest BCUT2D eigenvalue weighted by molar-refractivity contribution is -0.143. The predicted octanol–water partition coefficient (Wildman–Crippen LogP) is 3.63. The monoisotopic (exact) mass is 296 g/mol. The Labute approximate surface area is 124 Å². The minimum atomic E-state index is -0.141. The van der Waals surface area contributed by atoms with E-state index in [4.69, 9.17) is 4.74 Å². The molecule has 4 nitrogen and oxygen atoms in total. The summed E-state index contributed by atoms with van der Waals surface area (Å²) in [5, 5.41) is 6.45. The fraction of sp³-hybridized carbons (Fsp3) is 0.733. The highest BCUT2D eigenvalue weighted by Gasteiger charge is 2.13. The zero-order chi connectivity index (χ0) is 14.2. The fourth-order valence-electron chi connectivity index (χ4n) is 2.59. The van der Waals surface area contributed by atoms with Crippen LogP contribution < -0.4 is 5.32 Å². The average molecular weight is 296 g/mol. The molecule has 0 saturated heterocycles. The number of hydrogen-bond donors (Lipinski definition) is 1. The third-order valence-electron chi connectivity index (χ3n) is 3.71. The topological polar surface area (TPSA) is 51.2 Å². The van der Waals surface area contributed by atoms with Gasteiger partial charge in [-0.3, -0.25) is 4.79 Å². The van der Waals surface area contributed by atoms with Crippen molar-refractivity contribution in [3.63, 3.8) is 0 Å². The van der Waals surface area contributed by atoms with Gasteiger partial charge in [0.25, 0.3) is 0 Å². The molecule has 5 heteroatoms. The lowest BCUT2D eigenvalue weighted by Gasteiger charge is -2.21. The number of carbonyl (C=O) groups excluding carboxylic acids is 1. The maximum absolute atomic E-state index is 11.3. The quantitative estimate of drug-likeness (QED) is 0.781. The summed E-state index contributed by atoms with van der Waals surface area (Å²) in [6.45, 7) is 3.31. The number of nitrogens with zero attached hydrogens (tertiary/aromatic N) is 1. The first-order valence-corrected chi connectivity index (χ1v) is 8.49. The highest BCUT2D eigenvalue weighted by molar-refractivity contribution is 7.13. The number of hydrogen-bond acceptors (Lipinski definition) is 5. The summed E-state index contributed by atoms with van der Waals surface area (Å²) in [6, 6.07) is 0. The van der Waals surface area contributed by atoms with Gasteiger partial charge in [-0.15, -0.1) is 11.3 Å². The number of ether oxygens (including phenoxy) is 1. The van der Waals surface area contributed by atoms with Crippen molar-refractivity contribution in [2.75, 3.05) is 18.5 Å². The molecule has 1 heterocycles. The molecule has 1 aliphatic rings. The molecule has 0 amide bonds. The van der Waals surface area contributed by atoms with Crippen molar-refractivity contribution in [3.05, 3.63) is 11.1 Å². The van der Waals surface area contributed by atoms with Crippen LogP contribution in [0.25, 0.3) is 0 Å². The number of rotatable bonds is 7. The molecule has 1 aliphatic carbocycles. The molecule has 112 valence electrons. The van der Waals surface area contributed by atoms with Crippen molar-refractivity contribution in [1.29, 1.82) is 0 Å². The van der Waals surface area contributed by atoms with E-state index in [0.29, 0.717) is 19.4 Å². The van der Waals surface area contributed by atoms with Gasteiger partial charge in [-0.2, -0.15) is 0 Å². The van der Waals surface area contributed by atoms with Crippen LogP contribution in [0.3, 0.4) is 0 Å². The maximum Gasteiger partial charge on any atom is 0.306 e. The van der Waals surface area contributed by atoms with Crippen LogP contribution in [0, 0.1) is 5.92 Å². The second-order valence-corrected chi connectivity index (χ2v) is 6.19. The predicted molar refractivity (Wildman–Crippen MR) is 82.1 cm³/mol. The molecule has 0 bridgehead atoms. The van der Waals surface area contributed by atoms with Gasteiger partial charge >= 0.3 is 5.97 Å². The molecule has 0 unspecified atom stereocenters. The third kappa shape index (κ3) is 5.12. The van der Waals surface area contributed by atoms with Crippen LogP contribution in [0.4, 0.5) is 5.13 Å². The van der Waals surface area contributed by atoms with E-state index in [-0.39, 0.29) is 5.97 Å². The van der Waals surface area contributed by atoms with Gasteiger partial charge < -0.3 is 10.1 Å². The van der Waals surface area contributed by atoms with Crippen LogP contribution in [0.5, 0.6) is 0 Å². The molecule has 0 spiro atoms. The number of aryl methyl sites for hydroxylation is 1. The number of thiazole rings is 1. The van der Waals surface area contributed by atoms with Crippen molar-refractivity contribution in [3.8, 4) is 0 Å². The summed E-state index contributed by atoms with van der Waals surface area (Å²) in [4.78, 5) is 15.8. The van der Waals surface area contributed by atoms with Crippen LogP contribution in [0.15, 0.2) is 5.38 Å². The third-order valence-corrected chi connectivity index (χ3v) is 4.56. The summed E-state index contributed by atoms with van der Waals surface area (Å²) < 4.78 is 4.92. The van der Waals surface area contributed by atoms with E-state index in [1.807, 2.05) is 12.3 Å². The molecular weight excluding hydrogens is 272 g/mol. The molecule has 1 aromatic heterocycles. The van der Waals surface area contributed by atoms with Crippen LogP contribution in [-0.2, 0) is 16.0 Å². The van der Waals surface area contributed by atoms with E-state index in [0.717, 1.165) is 23.3 Å². The van der Waals surface area contributed by atoms with Gasteiger partial charge in [0, 0.05) is 18.3 Å². The number of carbonyl (C=O) groups is 1. The zero-order valence-electron chi connectivity index (χ0n) is 12.2. The SMILES string of the molecule is CCOC(=O)CCc1csc(NCC2CCCCC2)n1. The Morgan fingerprint density at radius 1 is 1.45 bits per heavy atom. The molecule has 1 saturated carbocycles. The molecule has 2 rings (SSSR count). The molecule has 0 aliphatic heterocycles. The summed E-state index contributed by atoms with van der Waals surface area (Å²) in [7, 11) is 0. The molecule has 0 radical (unpaired) electrons. The minimum Gasteiger partial charge on any atom is -0.466 e. The van der Waals surface area contributed by atoms with Gasteiger partial charge in [0.05, 0.1) is 18.7 Å². The van der Waals surface area contributed by atoms with Crippen LogP contribution in [0.2, 0.25) is 0 Å². The largest absolute Gasteiger partial charge is 0.466 e. The Morgan fingerprint density at radius 3 is 3.00 bits per heavy atom. The van der Waals surface area contributed by atoms with E-state index in [1.165, 1.54) is 32.1 Å². The van der Waals surface area contributed by atoms with Crippen molar-refractivity contribution in [1.82, 2.24) is 4.98 Å². The second-order valence-electron chi connectivity index (χ2n) is 5.33. The molecule has 20 heavy (non-hydrogen) atoms. The Morgan fingerprint density at radius 2 is 2.25 bits per heavy atom. The maximum atomic E-state index is 11.3. The lowest BCUT2D eigenvalue weighted by Crippen LogP contribution is -2.17. The summed E-state index contributed by atoms with van der Waals surface area (Å²) >= 11 is 1.63. The Kier molecular flexibility index (Phi) is 6.30. The van der Waals surface area contributed by atoms with Crippen molar-refractivity contribution in [2.24, 2.45) is 5.92 Å². The van der Waals surface area contributed by atoms with E-state index in [2.05, 4.69) is 10.3 Å². The summed E-state index contributed by atoms with van der Waals surface area (Å²) in [5.41, 5.74) is 0.981. The smallest absolute Gasteiger partial charge is 0.306 e. The second kappa shape index (κ2) is 8.25. The number of aromatic nitrogens is 1. The molecule has 0 aromatic carbocycles. The standard InChI is InChI=1S/C15H24N2O2S/c1-2-19-14(18)9-8-13-11-20-15(17-13)16-10-12-6-4-3-5-7-12/h11-12H,2-10H2,1H3,(H,16,17). The van der Waals surface area contributed by atoms with E-state index in [9.17, 15) is 4.79 Å². The van der Waals surface area contributed by atoms with Crippen LogP contribution >= 0.6 is 11.3 Å². The zero-order valence-corrected chi connectivity index (χ0v) is 13.0. The van der Waals surface area contributed by atoms with Gasteiger partial charge in [0.1, 0.15) is 0 Å². The van der Waals surface area contributed by atoms with E-state index < -0.39 is 0 Å². The first-order valence-electron chi connectivity index (χ1n) is 7.62. The summed E-state index contributed by atoms with van der Waals surface area (Å²) in [6.07, 6.45) is 7.90. The molecule has 0 atom stereocenters. The Balaban J connectivity index is 1.70. The van der Waals surface area contributed by atoms with Gasteiger partial charge in [-0.05, 0) is 25.7 Å². The first-order chi connectivity index (χ1) is 9.78. The van der Waals surface area contributed by atoms with Crippen LogP contribution in [0.1, 0.15) is 51.1 Å². The van der Waals surface area contributed by atoms with Gasteiger partial charge in [-0.1, -0.05) is 19.3 Å². The van der Waals surface area contributed by atoms with Gasteiger partial charge in [-0.25, -0.2) is 4.98 Å². The Bertz CT molecular complexity index is 414. The van der Waals surface area contributed by atoms with Crippen LogP contribution in [-0.4, -0.2) is 24.1 Å². The van der Waals surface area contributed by atoms with Gasteiger partial charge in [0.15, 0.2) is 5.13 Å². The summed E-state index contributed by atoms with van der Waals surface area (Å²) in [5.74, 6) is 0.660. The molecular formula is C15H24N2O2S. The van der Waals surface area contributed by atoms with Crippen molar-refractivity contribution < 1.29 is 9.53 Å². The molecule has 1 aromatic rings. The lowest BCUT2D eigenvalue weighted by atomic mass is 9.89. The highest BCUT2D eigenvalue weighted by atomic mass is 32.1. The minimum absolute atomic E-state index is 0.141.